The van der Waals surface area contributed by atoms with Crippen molar-refractivity contribution in [3.8, 4) is 0 Å². The summed E-state index contributed by atoms with van der Waals surface area (Å²) in [6, 6.07) is 0. The average molecular weight is 253 g/mol. The van der Waals surface area contributed by atoms with Gasteiger partial charge in [0.15, 0.2) is 0 Å². The molecule has 0 unspecified atom stereocenters. The second-order valence-electron chi connectivity index (χ2n) is 3.56. The zero-order valence-electron chi connectivity index (χ0n) is 10.2. The molecule has 0 fully saturated rings. The fourth-order valence-electron chi connectivity index (χ4n) is 1.10. The molecule has 0 heterocycles. The number of nitrogens with two attached hydrogens (primary N) is 1. The summed E-state index contributed by atoms with van der Waals surface area (Å²) >= 11 is 0. The van der Waals surface area contributed by atoms with Crippen LogP contribution in [0.2, 0.25) is 0 Å². The molecular formula is C11H25ClN2O2. The standard InChI is InChI=1S/C11H24N2O2.ClH/c1-2-3-9-15-10-5-8-13-11(14)6-4-7-12;/h2-10,12H2,1H3,(H,13,14);1H. The number of hydrogen-bond donors (Lipinski definition) is 2. The molecule has 0 aliphatic heterocycles. The first-order valence-corrected chi connectivity index (χ1v) is 5.85. The lowest BCUT2D eigenvalue weighted by molar-refractivity contribution is -0.121. The fourth-order valence-corrected chi connectivity index (χ4v) is 1.10. The molecule has 0 spiro atoms. The van der Waals surface area contributed by atoms with Gasteiger partial charge in [0.05, 0.1) is 0 Å². The summed E-state index contributed by atoms with van der Waals surface area (Å²) in [5, 5.41) is 2.83. The number of rotatable bonds is 10. The molecule has 0 bridgehead atoms. The van der Waals surface area contributed by atoms with Crippen molar-refractivity contribution in [1.29, 1.82) is 0 Å². The highest BCUT2D eigenvalue weighted by atomic mass is 35.5. The van der Waals surface area contributed by atoms with Gasteiger partial charge in [-0.1, -0.05) is 13.3 Å². The van der Waals surface area contributed by atoms with Gasteiger partial charge in [0.1, 0.15) is 0 Å². The molecule has 16 heavy (non-hydrogen) atoms. The van der Waals surface area contributed by atoms with Crippen LogP contribution in [0.3, 0.4) is 0 Å². The number of halogens is 1. The van der Waals surface area contributed by atoms with E-state index in [0.717, 1.165) is 38.9 Å². The summed E-state index contributed by atoms with van der Waals surface area (Å²) in [6.07, 6.45) is 4.46. The molecule has 0 rings (SSSR count). The van der Waals surface area contributed by atoms with Crippen molar-refractivity contribution < 1.29 is 9.53 Å². The number of nitrogens with one attached hydrogen (secondary N) is 1. The maximum Gasteiger partial charge on any atom is 0.220 e. The molecule has 5 heteroatoms. The van der Waals surface area contributed by atoms with E-state index in [1.807, 2.05) is 0 Å². The quantitative estimate of drug-likeness (QED) is 0.579. The molecule has 0 aromatic rings. The molecule has 0 aliphatic carbocycles. The Hall–Kier alpha value is -0.320. The van der Waals surface area contributed by atoms with Crippen LogP contribution < -0.4 is 11.1 Å². The molecule has 0 aromatic carbocycles. The Labute approximate surface area is 105 Å². The summed E-state index contributed by atoms with van der Waals surface area (Å²) in [5.41, 5.74) is 5.30. The van der Waals surface area contributed by atoms with Crippen molar-refractivity contribution >= 4 is 18.3 Å². The minimum absolute atomic E-state index is 0. The van der Waals surface area contributed by atoms with E-state index < -0.39 is 0 Å². The number of carbonyl (C=O) groups excluding carboxylic acids is 1. The van der Waals surface area contributed by atoms with Crippen molar-refractivity contribution in [2.45, 2.75) is 39.0 Å². The summed E-state index contributed by atoms with van der Waals surface area (Å²) in [7, 11) is 0. The lowest BCUT2D eigenvalue weighted by atomic mass is 10.3. The van der Waals surface area contributed by atoms with Crippen LogP contribution in [-0.4, -0.2) is 32.2 Å². The van der Waals surface area contributed by atoms with Crippen LogP contribution in [0.25, 0.3) is 0 Å². The topological polar surface area (TPSA) is 64.3 Å². The molecule has 98 valence electrons. The van der Waals surface area contributed by atoms with Gasteiger partial charge < -0.3 is 15.8 Å². The summed E-state index contributed by atoms with van der Waals surface area (Å²) in [5.74, 6) is 0.0917. The van der Waals surface area contributed by atoms with Gasteiger partial charge >= 0.3 is 0 Å². The highest BCUT2D eigenvalue weighted by molar-refractivity contribution is 5.85. The van der Waals surface area contributed by atoms with Gasteiger partial charge in [0, 0.05) is 26.2 Å². The summed E-state index contributed by atoms with van der Waals surface area (Å²) in [6.45, 7) is 4.99. The number of hydrogen-bond acceptors (Lipinski definition) is 3. The van der Waals surface area contributed by atoms with Gasteiger partial charge in [0.2, 0.25) is 5.91 Å². The maximum atomic E-state index is 11.1. The van der Waals surface area contributed by atoms with E-state index in [9.17, 15) is 4.79 Å². The molecule has 0 aromatic heterocycles. The van der Waals surface area contributed by atoms with Gasteiger partial charge in [-0.3, -0.25) is 4.79 Å². The molecule has 0 atom stereocenters. The van der Waals surface area contributed by atoms with Gasteiger partial charge in [-0.15, -0.1) is 12.4 Å². The predicted molar refractivity (Wildman–Crippen MR) is 68.9 cm³/mol. The van der Waals surface area contributed by atoms with Crippen LogP contribution in [0.1, 0.15) is 39.0 Å². The zero-order chi connectivity index (χ0) is 11.4. The minimum Gasteiger partial charge on any atom is -0.381 e. The Balaban J connectivity index is 0. The second-order valence-corrected chi connectivity index (χ2v) is 3.56. The third kappa shape index (κ3) is 13.7. The van der Waals surface area contributed by atoms with Gasteiger partial charge in [-0.2, -0.15) is 0 Å². The largest absolute Gasteiger partial charge is 0.381 e. The first-order valence-electron chi connectivity index (χ1n) is 5.85. The van der Waals surface area contributed by atoms with Crippen LogP contribution in [0.5, 0.6) is 0 Å². The van der Waals surface area contributed by atoms with Crippen molar-refractivity contribution in [3.63, 3.8) is 0 Å². The van der Waals surface area contributed by atoms with Crippen LogP contribution >= 0.6 is 12.4 Å². The number of amides is 1. The number of carbonyl (C=O) groups is 1. The molecule has 1 amide bonds. The Morgan fingerprint density at radius 3 is 2.56 bits per heavy atom. The number of unbranched alkanes of at least 4 members (excludes halogenated alkanes) is 1. The van der Waals surface area contributed by atoms with Crippen LogP contribution in [0, 0.1) is 0 Å². The van der Waals surface area contributed by atoms with Gasteiger partial charge in [-0.25, -0.2) is 0 Å². The van der Waals surface area contributed by atoms with Crippen LogP contribution in [0.4, 0.5) is 0 Å². The van der Waals surface area contributed by atoms with E-state index in [1.165, 1.54) is 0 Å². The minimum atomic E-state index is 0. The first-order chi connectivity index (χ1) is 7.31. The van der Waals surface area contributed by atoms with Crippen molar-refractivity contribution in [2.75, 3.05) is 26.3 Å². The third-order valence-corrected chi connectivity index (χ3v) is 2.04. The number of ether oxygens (including phenoxy) is 1. The molecule has 0 radical (unpaired) electrons. The van der Waals surface area contributed by atoms with Gasteiger partial charge in [0.25, 0.3) is 0 Å². The lowest BCUT2D eigenvalue weighted by Gasteiger charge is -2.05. The van der Waals surface area contributed by atoms with Gasteiger partial charge in [-0.05, 0) is 25.8 Å². The van der Waals surface area contributed by atoms with Crippen molar-refractivity contribution in [1.82, 2.24) is 5.32 Å². The molecule has 0 saturated carbocycles. The fraction of sp³-hybridized carbons (Fsp3) is 0.909. The first kappa shape index (κ1) is 18.1. The van der Waals surface area contributed by atoms with E-state index >= 15 is 0 Å². The Morgan fingerprint density at radius 2 is 1.94 bits per heavy atom. The monoisotopic (exact) mass is 252 g/mol. The summed E-state index contributed by atoms with van der Waals surface area (Å²) < 4.78 is 5.37. The third-order valence-electron chi connectivity index (χ3n) is 2.04. The molecule has 0 aliphatic rings. The Kier molecular flexibility index (Phi) is 16.6. The normalized spacial score (nSPS) is 9.62. The average Bonchev–Trinajstić information content (AvgIpc) is 2.25. The zero-order valence-corrected chi connectivity index (χ0v) is 11.0. The van der Waals surface area contributed by atoms with E-state index in [-0.39, 0.29) is 18.3 Å². The van der Waals surface area contributed by atoms with E-state index in [4.69, 9.17) is 10.5 Å². The molecule has 4 nitrogen and oxygen atoms in total. The SMILES string of the molecule is CCCCOCCCNC(=O)CCCN.Cl. The van der Waals surface area contributed by atoms with E-state index in [1.54, 1.807) is 0 Å². The van der Waals surface area contributed by atoms with Crippen LogP contribution in [0.15, 0.2) is 0 Å². The predicted octanol–water partition coefficient (Wildman–Crippen LogP) is 1.47. The molecular weight excluding hydrogens is 228 g/mol. The Morgan fingerprint density at radius 1 is 1.25 bits per heavy atom. The molecule has 3 N–H and O–H groups in total. The van der Waals surface area contributed by atoms with E-state index in [0.29, 0.717) is 19.5 Å². The van der Waals surface area contributed by atoms with E-state index in [2.05, 4.69) is 12.2 Å². The molecule has 0 saturated heterocycles. The maximum absolute atomic E-state index is 11.1. The summed E-state index contributed by atoms with van der Waals surface area (Å²) in [4.78, 5) is 11.1. The highest BCUT2D eigenvalue weighted by Crippen LogP contribution is 1.90. The highest BCUT2D eigenvalue weighted by Gasteiger charge is 1.98. The van der Waals surface area contributed by atoms with Crippen molar-refractivity contribution in [3.05, 3.63) is 0 Å². The smallest absolute Gasteiger partial charge is 0.220 e. The lowest BCUT2D eigenvalue weighted by Crippen LogP contribution is -2.25. The van der Waals surface area contributed by atoms with Crippen LogP contribution in [-0.2, 0) is 9.53 Å². The van der Waals surface area contributed by atoms with Crippen molar-refractivity contribution in [2.24, 2.45) is 5.73 Å². The second kappa shape index (κ2) is 14.7. The Bertz CT molecular complexity index is 157.